The van der Waals surface area contributed by atoms with Crippen LogP contribution in [0.3, 0.4) is 0 Å². The quantitative estimate of drug-likeness (QED) is 0.365. The van der Waals surface area contributed by atoms with Crippen LogP contribution in [0.4, 0.5) is 0 Å². The Bertz CT molecular complexity index is 1180. The Morgan fingerprint density at radius 3 is 2.47 bits per heavy atom. The first-order valence-electron chi connectivity index (χ1n) is 10.1. The minimum Gasteiger partial charge on any atom is -0.419 e. The van der Waals surface area contributed by atoms with Gasteiger partial charge in [0.2, 0.25) is 17.7 Å². The van der Waals surface area contributed by atoms with Crippen LogP contribution in [0.15, 0.2) is 64.1 Å². The number of rotatable bonds is 5. The number of halogens is 1. The van der Waals surface area contributed by atoms with E-state index in [2.05, 4.69) is 31.0 Å². The Morgan fingerprint density at radius 2 is 1.81 bits per heavy atom. The summed E-state index contributed by atoms with van der Waals surface area (Å²) in [4.78, 5) is 26.7. The number of hydrogen-bond acceptors (Lipinski definition) is 6. The van der Waals surface area contributed by atoms with Crippen molar-refractivity contribution >= 4 is 35.1 Å². The number of carbonyl (C=O) groups is 2. The van der Waals surface area contributed by atoms with Crippen LogP contribution in [0.2, 0.25) is 5.02 Å². The molecular weight excluding hydrogens is 446 g/mol. The number of hydrogen-bond donors (Lipinski definition) is 0. The molecule has 1 aliphatic rings. The zero-order chi connectivity index (χ0) is 22.9. The zero-order valence-electron chi connectivity index (χ0n) is 18.0. The van der Waals surface area contributed by atoms with Gasteiger partial charge in [0.15, 0.2) is 5.78 Å². The maximum Gasteiger partial charge on any atom is 0.247 e. The number of aromatic nitrogens is 2. The summed E-state index contributed by atoms with van der Waals surface area (Å²) in [5, 5.41) is 9.29. The summed E-state index contributed by atoms with van der Waals surface area (Å²) in [5.74, 6) is 0.638. The van der Waals surface area contributed by atoms with Crippen molar-refractivity contribution in [2.24, 2.45) is 0 Å². The van der Waals surface area contributed by atoms with Gasteiger partial charge < -0.3 is 4.42 Å². The van der Waals surface area contributed by atoms with Crippen molar-refractivity contribution in [2.45, 2.75) is 32.7 Å². The molecular formula is C24H22ClN3O3S. The molecule has 1 fully saturated rings. The van der Waals surface area contributed by atoms with Crippen LogP contribution in [0.1, 0.15) is 42.6 Å². The summed E-state index contributed by atoms with van der Waals surface area (Å²) in [7, 11) is 0. The van der Waals surface area contributed by atoms with Gasteiger partial charge in [-0.1, -0.05) is 68.4 Å². The molecule has 164 valence electrons. The van der Waals surface area contributed by atoms with Gasteiger partial charge in [0, 0.05) is 22.2 Å². The highest BCUT2D eigenvalue weighted by molar-refractivity contribution is 8.04. The highest BCUT2D eigenvalue weighted by Crippen LogP contribution is 2.31. The van der Waals surface area contributed by atoms with Crippen molar-refractivity contribution in [3.8, 4) is 11.5 Å². The van der Waals surface area contributed by atoms with Gasteiger partial charge in [-0.05, 0) is 35.2 Å². The summed E-state index contributed by atoms with van der Waals surface area (Å²) < 4.78 is 5.72. The standard InChI is InChI=1S/C24H22ClN3O3S/c1-24(2,3)17-8-4-15(5-9-17)19(29)12-22-28(21(30)14-32-22)13-20-26-27-23(31-20)16-6-10-18(25)11-7-16/h4-12H,13-14H2,1-3H3. The second-order valence-electron chi connectivity index (χ2n) is 8.45. The van der Waals surface area contributed by atoms with Crippen LogP contribution in [0, 0.1) is 0 Å². The van der Waals surface area contributed by atoms with E-state index in [0.29, 0.717) is 27.4 Å². The van der Waals surface area contributed by atoms with Crippen LogP contribution in [-0.4, -0.2) is 32.5 Å². The molecule has 0 N–H and O–H groups in total. The predicted octanol–water partition coefficient (Wildman–Crippen LogP) is 5.49. The molecule has 2 heterocycles. The third-order valence-electron chi connectivity index (χ3n) is 5.05. The van der Waals surface area contributed by atoms with E-state index in [-0.39, 0.29) is 29.4 Å². The zero-order valence-corrected chi connectivity index (χ0v) is 19.5. The summed E-state index contributed by atoms with van der Waals surface area (Å²) in [5.41, 5.74) is 2.48. The van der Waals surface area contributed by atoms with Gasteiger partial charge in [0.05, 0.1) is 10.8 Å². The van der Waals surface area contributed by atoms with Crippen LogP contribution in [0.5, 0.6) is 0 Å². The fourth-order valence-electron chi connectivity index (χ4n) is 3.19. The Hall–Kier alpha value is -2.90. The van der Waals surface area contributed by atoms with E-state index in [1.54, 1.807) is 24.3 Å². The first kappa shape index (κ1) is 22.3. The Balaban J connectivity index is 1.50. The second kappa shape index (κ2) is 8.92. The van der Waals surface area contributed by atoms with Crippen molar-refractivity contribution in [1.29, 1.82) is 0 Å². The fourth-order valence-corrected chi connectivity index (χ4v) is 4.26. The van der Waals surface area contributed by atoms with Crippen LogP contribution < -0.4 is 0 Å². The lowest BCUT2D eigenvalue weighted by Crippen LogP contribution is -2.24. The fraction of sp³-hybridized carbons (Fsp3) is 0.250. The summed E-state index contributed by atoms with van der Waals surface area (Å²) in [6, 6.07) is 14.6. The minimum atomic E-state index is -0.153. The van der Waals surface area contributed by atoms with Crippen molar-refractivity contribution < 1.29 is 14.0 Å². The molecule has 0 spiro atoms. The van der Waals surface area contributed by atoms with Gasteiger partial charge in [-0.25, -0.2) is 0 Å². The summed E-state index contributed by atoms with van der Waals surface area (Å²) >= 11 is 7.24. The monoisotopic (exact) mass is 467 g/mol. The lowest BCUT2D eigenvalue weighted by molar-refractivity contribution is -0.126. The molecule has 4 rings (SSSR count). The SMILES string of the molecule is CC(C)(C)c1ccc(C(=O)C=C2SCC(=O)N2Cc2nnc(-c3ccc(Cl)cc3)o2)cc1. The maximum absolute atomic E-state index is 12.8. The minimum absolute atomic E-state index is 0.0134. The van der Waals surface area contributed by atoms with E-state index in [1.807, 2.05) is 24.3 Å². The van der Waals surface area contributed by atoms with Gasteiger partial charge in [0.1, 0.15) is 6.54 Å². The van der Waals surface area contributed by atoms with Gasteiger partial charge >= 0.3 is 0 Å². The van der Waals surface area contributed by atoms with Gasteiger partial charge in [0.25, 0.3) is 0 Å². The van der Waals surface area contributed by atoms with Gasteiger partial charge in [-0.15, -0.1) is 10.2 Å². The van der Waals surface area contributed by atoms with Crippen molar-refractivity contribution in [3.05, 3.63) is 81.7 Å². The molecule has 0 atom stereocenters. The molecule has 0 radical (unpaired) electrons. The molecule has 6 nitrogen and oxygen atoms in total. The first-order valence-corrected chi connectivity index (χ1v) is 11.4. The number of amides is 1. The molecule has 2 aromatic carbocycles. The number of ketones is 1. The number of thioether (sulfide) groups is 1. The Kier molecular flexibility index (Phi) is 6.22. The largest absolute Gasteiger partial charge is 0.419 e. The van der Waals surface area contributed by atoms with E-state index in [4.69, 9.17) is 16.0 Å². The molecule has 3 aromatic rings. The lowest BCUT2D eigenvalue weighted by atomic mass is 9.86. The van der Waals surface area contributed by atoms with Crippen molar-refractivity contribution in [2.75, 3.05) is 5.75 Å². The number of carbonyl (C=O) groups excluding carboxylic acids is 2. The molecule has 1 aliphatic heterocycles. The normalized spacial score (nSPS) is 15.6. The molecule has 1 amide bonds. The number of nitrogens with zero attached hydrogens (tertiary/aromatic N) is 3. The van der Waals surface area contributed by atoms with Crippen LogP contribution in [0.25, 0.3) is 11.5 Å². The molecule has 0 unspecified atom stereocenters. The van der Waals surface area contributed by atoms with E-state index in [9.17, 15) is 9.59 Å². The molecule has 32 heavy (non-hydrogen) atoms. The second-order valence-corrected chi connectivity index (χ2v) is 9.88. The van der Waals surface area contributed by atoms with E-state index < -0.39 is 0 Å². The van der Waals surface area contributed by atoms with E-state index in [0.717, 1.165) is 11.1 Å². The average molecular weight is 468 g/mol. The van der Waals surface area contributed by atoms with Crippen molar-refractivity contribution in [1.82, 2.24) is 15.1 Å². The first-order chi connectivity index (χ1) is 15.2. The molecule has 0 saturated carbocycles. The number of benzene rings is 2. The third-order valence-corrected chi connectivity index (χ3v) is 6.33. The Morgan fingerprint density at radius 1 is 1.12 bits per heavy atom. The summed E-state index contributed by atoms with van der Waals surface area (Å²) in [6.45, 7) is 6.48. The van der Waals surface area contributed by atoms with Gasteiger partial charge in [-0.3, -0.25) is 14.5 Å². The smallest absolute Gasteiger partial charge is 0.247 e. The molecule has 8 heteroatoms. The number of allylic oxidation sites excluding steroid dienone is 1. The molecule has 1 aromatic heterocycles. The topological polar surface area (TPSA) is 76.3 Å². The highest BCUT2D eigenvalue weighted by Gasteiger charge is 2.29. The summed E-state index contributed by atoms with van der Waals surface area (Å²) in [6.07, 6.45) is 1.50. The van der Waals surface area contributed by atoms with Gasteiger partial charge in [-0.2, -0.15) is 0 Å². The Labute approximate surface area is 195 Å². The van der Waals surface area contributed by atoms with E-state index >= 15 is 0 Å². The average Bonchev–Trinajstić information content (AvgIpc) is 3.36. The lowest BCUT2D eigenvalue weighted by Gasteiger charge is -2.19. The predicted molar refractivity (Wildman–Crippen MR) is 125 cm³/mol. The third kappa shape index (κ3) is 4.95. The van der Waals surface area contributed by atoms with Crippen LogP contribution >= 0.6 is 23.4 Å². The molecule has 1 saturated heterocycles. The molecule has 0 aliphatic carbocycles. The molecule has 0 bridgehead atoms. The van der Waals surface area contributed by atoms with Crippen molar-refractivity contribution in [3.63, 3.8) is 0 Å². The van der Waals surface area contributed by atoms with Crippen LogP contribution in [-0.2, 0) is 16.8 Å². The van der Waals surface area contributed by atoms with E-state index in [1.165, 1.54) is 22.7 Å². The highest BCUT2D eigenvalue weighted by atomic mass is 35.5. The maximum atomic E-state index is 12.8.